The van der Waals surface area contributed by atoms with Crippen LogP contribution in [-0.4, -0.2) is 32.7 Å². The summed E-state index contributed by atoms with van der Waals surface area (Å²) in [5.74, 6) is 0.535. The molecule has 2 unspecified atom stereocenters. The van der Waals surface area contributed by atoms with Crippen molar-refractivity contribution in [3.05, 3.63) is 10.4 Å². The van der Waals surface area contributed by atoms with Crippen LogP contribution in [0.1, 0.15) is 19.3 Å². The van der Waals surface area contributed by atoms with Crippen molar-refractivity contribution < 1.29 is 0 Å². The lowest BCUT2D eigenvalue weighted by Gasteiger charge is -2.19. The highest BCUT2D eigenvalue weighted by Crippen LogP contribution is 2.31. The Morgan fingerprint density at radius 2 is 2.12 bits per heavy atom. The Kier molecular flexibility index (Phi) is 4.10. The molecule has 1 aromatic rings. The molecular formula is C9H12Cl2N4S. The summed E-state index contributed by atoms with van der Waals surface area (Å²) in [6.45, 7) is 0. The molecule has 0 bridgehead atoms. The molecule has 1 saturated carbocycles. The molecule has 88 valence electrons. The lowest BCUT2D eigenvalue weighted by atomic mass is 10.2. The van der Waals surface area contributed by atoms with Crippen molar-refractivity contribution in [1.29, 1.82) is 0 Å². The predicted molar refractivity (Wildman–Crippen MR) is 68.4 cm³/mol. The molecule has 7 heteroatoms. The van der Waals surface area contributed by atoms with Crippen molar-refractivity contribution in [2.24, 2.45) is 0 Å². The molecule has 1 fully saturated rings. The van der Waals surface area contributed by atoms with Crippen molar-refractivity contribution in [2.45, 2.75) is 30.6 Å². The zero-order valence-electron chi connectivity index (χ0n) is 8.78. The Hall–Kier alpha value is -0.260. The van der Waals surface area contributed by atoms with Gasteiger partial charge in [0.15, 0.2) is 11.0 Å². The molecule has 4 nitrogen and oxygen atoms in total. The summed E-state index contributed by atoms with van der Waals surface area (Å²) in [4.78, 5) is 4.04. The number of halogens is 2. The van der Waals surface area contributed by atoms with E-state index in [2.05, 4.69) is 26.8 Å². The van der Waals surface area contributed by atoms with E-state index in [1.165, 1.54) is 12.8 Å². The molecule has 2 atom stereocenters. The second-order valence-corrected chi connectivity index (χ2v) is 5.45. The fourth-order valence-corrected chi connectivity index (χ4v) is 3.13. The maximum absolute atomic E-state index is 5.90. The minimum Gasteiger partial charge on any atom is -0.364 e. The summed E-state index contributed by atoms with van der Waals surface area (Å²) in [6.07, 6.45) is 5.71. The van der Waals surface area contributed by atoms with Crippen LogP contribution in [0.4, 0.5) is 5.82 Å². The molecular weight excluding hydrogens is 267 g/mol. The number of hydrogen-bond donors (Lipinski definition) is 1. The van der Waals surface area contributed by atoms with Gasteiger partial charge >= 0.3 is 0 Å². The third kappa shape index (κ3) is 2.70. The summed E-state index contributed by atoms with van der Waals surface area (Å²) in [5.41, 5.74) is 0. The molecule has 1 N–H and O–H groups in total. The van der Waals surface area contributed by atoms with E-state index in [4.69, 9.17) is 23.2 Å². The summed E-state index contributed by atoms with van der Waals surface area (Å²) < 4.78 is 0. The lowest BCUT2D eigenvalue weighted by molar-refractivity contribution is 0.759. The summed E-state index contributed by atoms with van der Waals surface area (Å²) in [6, 6.07) is 0.389. The number of thioether (sulfide) groups is 1. The first kappa shape index (κ1) is 12.2. The molecule has 0 saturated heterocycles. The van der Waals surface area contributed by atoms with Gasteiger partial charge in [0.2, 0.25) is 5.28 Å². The smallest absolute Gasteiger partial charge is 0.245 e. The minimum atomic E-state index is 0.116. The van der Waals surface area contributed by atoms with Crippen molar-refractivity contribution in [2.75, 3.05) is 11.6 Å². The van der Waals surface area contributed by atoms with Crippen molar-refractivity contribution in [3.8, 4) is 0 Å². The number of hydrogen-bond acceptors (Lipinski definition) is 5. The third-order valence-electron chi connectivity index (χ3n) is 2.70. The molecule has 0 spiro atoms. The Morgan fingerprint density at radius 1 is 1.31 bits per heavy atom. The van der Waals surface area contributed by atoms with E-state index in [0.29, 0.717) is 17.1 Å². The largest absolute Gasteiger partial charge is 0.364 e. The molecule has 0 radical (unpaired) electrons. The predicted octanol–water partition coefficient (Wildman–Crippen LogP) is 2.87. The van der Waals surface area contributed by atoms with E-state index < -0.39 is 0 Å². The average molecular weight is 279 g/mol. The van der Waals surface area contributed by atoms with Crippen LogP contribution in [0.5, 0.6) is 0 Å². The lowest BCUT2D eigenvalue weighted by Crippen LogP contribution is -2.26. The van der Waals surface area contributed by atoms with Gasteiger partial charge < -0.3 is 5.32 Å². The Morgan fingerprint density at radius 3 is 2.88 bits per heavy atom. The van der Waals surface area contributed by atoms with Gasteiger partial charge in [0.1, 0.15) is 0 Å². The fraction of sp³-hybridized carbons (Fsp3) is 0.667. The quantitative estimate of drug-likeness (QED) is 0.922. The van der Waals surface area contributed by atoms with Crippen LogP contribution in [0.3, 0.4) is 0 Å². The Balaban J connectivity index is 2.11. The number of nitrogens with one attached hydrogen (secondary N) is 1. The minimum absolute atomic E-state index is 0.116. The van der Waals surface area contributed by atoms with Crippen LogP contribution in [0.2, 0.25) is 10.4 Å². The molecule has 2 rings (SSSR count). The Bertz CT molecular complexity index is 377. The topological polar surface area (TPSA) is 50.7 Å². The molecule has 0 amide bonds. The summed E-state index contributed by atoms with van der Waals surface area (Å²) in [5, 5.41) is 11.6. The monoisotopic (exact) mass is 278 g/mol. The van der Waals surface area contributed by atoms with Gasteiger partial charge in [-0.25, -0.2) is 0 Å². The van der Waals surface area contributed by atoms with Gasteiger partial charge in [-0.1, -0.05) is 18.0 Å². The highest BCUT2D eigenvalue weighted by molar-refractivity contribution is 7.99. The number of nitrogens with zero attached hydrogens (tertiary/aromatic N) is 3. The maximum Gasteiger partial charge on any atom is 0.245 e. The normalized spacial score (nSPS) is 24.7. The van der Waals surface area contributed by atoms with E-state index >= 15 is 0 Å². The number of anilines is 1. The van der Waals surface area contributed by atoms with Crippen molar-refractivity contribution >= 4 is 40.8 Å². The van der Waals surface area contributed by atoms with Crippen LogP contribution in [0.25, 0.3) is 0 Å². The molecule has 16 heavy (non-hydrogen) atoms. The van der Waals surface area contributed by atoms with E-state index in [0.717, 1.165) is 6.42 Å². The van der Waals surface area contributed by atoms with Crippen LogP contribution in [-0.2, 0) is 0 Å². The van der Waals surface area contributed by atoms with Gasteiger partial charge in [-0.3, -0.25) is 0 Å². The van der Waals surface area contributed by atoms with E-state index in [1.54, 1.807) is 0 Å². The third-order valence-corrected chi connectivity index (χ3v) is 4.28. The van der Waals surface area contributed by atoms with Gasteiger partial charge in [0.25, 0.3) is 0 Å². The van der Waals surface area contributed by atoms with Crippen LogP contribution < -0.4 is 5.32 Å². The second-order valence-electron chi connectivity index (χ2n) is 3.68. The molecule has 1 aliphatic carbocycles. The van der Waals surface area contributed by atoms with Crippen LogP contribution in [0, 0.1) is 0 Å². The van der Waals surface area contributed by atoms with Crippen molar-refractivity contribution in [3.63, 3.8) is 0 Å². The number of rotatable bonds is 3. The first-order chi connectivity index (χ1) is 7.70. The Labute approximate surface area is 109 Å². The zero-order valence-corrected chi connectivity index (χ0v) is 11.1. The van der Waals surface area contributed by atoms with Gasteiger partial charge in [-0.15, -0.1) is 10.2 Å². The van der Waals surface area contributed by atoms with Gasteiger partial charge in [-0.05, 0) is 30.7 Å². The maximum atomic E-state index is 5.90. The van der Waals surface area contributed by atoms with Gasteiger partial charge in [-0.2, -0.15) is 16.7 Å². The van der Waals surface area contributed by atoms with E-state index in [-0.39, 0.29) is 10.4 Å². The van der Waals surface area contributed by atoms with Gasteiger partial charge in [0.05, 0.1) is 0 Å². The van der Waals surface area contributed by atoms with E-state index in [1.807, 2.05) is 11.8 Å². The molecule has 0 aromatic carbocycles. The van der Waals surface area contributed by atoms with Gasteiger partial charge in [0, 0.05) is 11.3 Å². The zero-order chi connectivity index (χ0) is 11.5. The number of aromatic nitrogens is 3. The first-order valence-corrected chi connectivity index (χ1v) is 7.10. The SMILES string of the molecule is CSC1CCCC1Nc1nc(Cl)nnc1Cl. The highest BCUT2D eigenvalue weighted by Gasteiger charge is 2.27. The standard InChI is InChI=1S/C9H12Cl2N4S/c1-16-6-4-2-3-5(6)12-8-7(10)14-15-9(11)13-8/h5-6H,2-4H2,1H3,(H,12,13,15). The summed E-state index contributed by atoms with van der Waals surface area (Å²) in [7, 11) is 0. The van der Waals surface area contributed by atoms with Crippen LogP contribution >= 0.6 is 35.0 Å². The molecule has 1 aromatic heterocycles. The molecule has 1 aliphatic rings. The summed E-state index contributed by atoms with van der Waals surface area (Å²) >= 11 is 13.5. The molecule has 0 aliphatic heterocycles. The average Bonchev–Trinajstić information content (AvgIpc) is 2.71. The first-order valence-electron chi connectivity index (χ1n) is 5.05. The molecule has 1 heterocycles. The van der Waals surface area contributed by atoms with Crippen molar-refractivity contribution in [1.82, 2.24) is 15.2 Å². The second kappa shape index (κ2) is 5.38. The van der Waals surface area contributed by atoms with E-state index in [9.17, 15) is 0 Å². The highest BCUT2D eigenvalue weighted by atomic mass is 35.5. The fourth-order valence-electron chi connectivity index (χ4n) is 1.93. The van der Waals surface area contributed by atoms with Crippen LogP contribution in [0.15, 0.2) is 0 Å².